The van der Waals surface area contributed by atoms with Crippen molar-refractivity contribution in [1.82, 2.24) is 9.80 Å². The molecule has 2 heterocycles. The lowest BCUT2D eigenvalue weighted by atomic mass is 9.94. The first kappa shape index (κ1) is 27.5. The summed E-state index contributed by atoms with van der Waals surface area (Å²) in [5, 5.41) is 3.91. The predicted octanol–water partition coefficient (Wildman–Crippen LogP) is 8.17. The Morgan fingerprint density at radius 3 is 2.58 bits per heavy atom. The van der Waals surface area contributed by atoms with Crippen molar-refractivity contribution < 1.29 is 4.74 Å². The second kappa shape index (κ2) is 13.3. The highest BCUT2D eigenvalue weighted by atomic mass is 32.1. The fourth-order valence-corrected chi connectivity index (χ4v) is 6.32. The smallest absolute Gasteiger partial charge is 0.127 e. The summed E-state index contributed by atoms with van der Waals surface area (Å²) in [6.07, 6.45) is 15.9. The standard InChI is InChI=1S/C32H36N2OS.C2H2/c1-4-10-29(33(2)3)32-23-28-30(15-8-16-31(28)36-32)35-22-9-19-34-20-17-25(18-21-34)27-14-7-12-24-11-5-6-13-26(24)27;1-2/h5-8,10-17,23H,4,9,18-22H2,1-3H3;1-2H/b29-10+;. The van der Waals surface area contributed by atoms with Crippen molar-refractivity contribution >= 4 is 43.5 Å². The van der Waals surface area contributed by atoms with Gasteiger partial charge in [0, 0.05) is 49.5 Å². The van der Waals surface area contributed by atoms with E-state index in [1.807, 2.05) is 11.3 Å². The average Bonchev–Trinajstić information content (AvgIpc) is 3.39. The summed E-state index contributed by atoms with van der Waals surface area (Å²) in [6.45, 7) is 6.11. The van der Waals surface area contributed by atoms with Crippen LogP contribution in [0.25, 0.3) is 32.1 Å². The summed E-state index contributed by atoms with van der Waals surface area (Å²) in [7, 11) is 4.23. The number of ether oxygens (including phenoxy) is 1. The van der Waals surface area contributed by atoms with E-state index in [1.165, 1.54) is 42.6 Å². The monoisotopic (exact) mass is 522 g/mol. The first-order valence-electron chi connectivity index (χ1n) is 13.4. The van der Waals surface area contributed by atoms with E-state index in [0.29, 0.717) is 0 Å². The van der Waals surface area contributed by atoms with Crippen LogP contribution >= 0.6 is 11.3 Å². The Hall–Kier alpha value is -3.52. The first-order valence-corrected chi connectivity index (χ1v) is 14.2. The molecule has 1 aliphatic heterocycles. The zero-order valence-corrected chi connectivity index (χ0v) is 23.6. The van der Waals surface area contributed by atoms with Crippen molar-refractivity contribution in [2.24, 2.45) is 0 Å². The van der Waals surface area contributed by atoms with Crippen LogP contribution in [0.1, 0.15) is 36.6 Å². The molecule has 0 atom stereocenters. The normalized spacial score (nSPS) is 14.1. The summed E-state index contributed by atoms with van der Waals surface area (Å²) in [5.41, 5.74) is 4.16. The molecule has 0 N–H and O–H groups in total. The lowest BCUT2D eigenvalue weighted by molar-refractivity contribution is 0.250. The Bertz CT molecular complexity index is 1440. The maximum Gasteiger partial charge on any atom is 0.127 e. The number of thiophene rings is 1. The maximum absolute atomic E-state index is 6.29. The molecule has 1 aromatic heterocycles. The second-order valence-electron chi connectivity index (χ2n) is 9.68. The van der Waals surface area contributed by atoms with Crippen molar-refractivity contribution in [3.8, 4) is 18.6 Å². The van der Waals surface area contributed by atoms with Crippen molar-refractivity contribution in [2.75, 3.05) is 40.3 Å². The van der Waals surface area contributed by atoms with Crippen LogP contribution in [0.15, 0.2) is 78.9 Å². The molecule has 0 amide bonds. The van der Waals surface area contributed by atoms with Gasteiger partial charge in [-0.15, -0.1) is 24.2 Å². The highest BCUT2D eigenvalue weighted by Crippen LogP contribution is 2.36. The summed E-state index contributed by atoms with van der Waals surface area (Å²) < 4.78 is 7.58. The minimum atomic E-state index is 0.742. The SMILES string of the molecule is C#C.CC/C=C(\c1cc2c(OCCCN3CC=C(c4cccc5ccccc45)CC3)cccc2s1)N(C)C. The molecule has 38 heavy (non-hydrogen) atoms. The molecule has 0 unspecified atom stereocenters. The van der Waals surface area contributed by atoms with Gasteiger partial charge in [-0.3, -0.25) is 4.90 Å². The van der Waals surface area contributed by atoms with E-state index in [9.17, 15) is 0 Å². The van der Waals surface area contributed by atoms with Gasteiger partial charge >= 0.3 is 0 Å². The Kier molecular flexibility index (Phi) is 9.65. The maximum atomic E-state index is 6.29. The zero-order valence-electron chi connectivity index (χ0n) is 22.8. The van der Waals surface area contributed by atoms with E-state index >= 15 is 0 Å². The Morgan fingerprint density at radius 1 is 1.03 bits per heavy atom. The fraction of sp³-hybridized carbons (Fsp3) is 0.294. The van der Waals surface area contributed by atoms with Gasteiger partial charge in [-0.2, -0.15) is 0 Å². The number of benzene rings is 3. The van der Waals surface area contributed by atoms with Crippen molar-refractivity contribution in [3.63, 3.8) is 0 Å². The van der Waals surface area contributed by atoms with Gasteiger partial charge in [-0.25, -0.2) is 0 Å². The van der Waals surface area contributed by atoms with Gasteiger partial charge in [-0.1, -0.05) is 67.6 Å². The van der Waals surface area contributed by atoms with E-state index in [2.05, 4.69) is 123 Å². The van der Waals surface area contributed by atoms with E-state index in [-0.39, 0.29) is 0 Å². The number of hydrogen-bond acceptors (Lipinski definition) is 4. The summed E-state index contributed by atoms with van der Waals surface area (Å²) in [6, 6.07) is 24.1. The number of nitrogens with zero attached hydrogens (tertiary/aromatic N) is 2. The number of allylic oxidation sites excluding steroid dienone is 1. The fourth-order valence-electron chi connectivity index (χ4n) is 5.12. The Balaban J connectivity index is 0.00000164. The quantitative estimate of drug-likeness (QED) is 0.163. The van der Waals surface area contributed by atoms with Crippen molar-refractivity contribution in [1.29, 1.82) is 0 Å². The van der Waals surface area contributed by atoms with Crippen molar-refractivity contribution in [3.05, 3.63) is 89.3 Å². The average molecular weight is 523 g/mol. The molecule has 3 aromatic carbocycles. The lowest BCUT2D eigenvalue weighted by Crippen LogP contribution is -2.30. The predicted molar refractivity (Wildman–Crippen MR) is 167 cm³/mol. The van der Waals surface area contributed by atoms with E-state index < -0.39 is 0 Å². The third-order valence-electron chi connectivity index (χ3n) is 6.96. The van der Waals surface area contributed by atoms with Gasteiger partial charge in [0.25, 0.3) is 0 Å². The van der Waals surface area contributed by atoms with E-state index in [4.69, 9.17) is 4.74 Å². The first-order chi connectivity index (χ1) is 18.6. The van der Waals surface area contributed by atoms with Crippen LogP contribution in [0.4, 0.5) is 0 Å². The van der Waals surface area contributed by atoms with Gasteiger partial charge in [-0.05, 0) is 59.4 Å². The minimum Gasteiger partial charge on any atom is -0.493 e. The van der Waals surface area contributed by atoms with Gasteiger partial charge in [0.2, 0.25) is 0 Å². The molecular weight excluding hydrogens is 484 g/mol. The molecule has 0 bridgehead atoms. The Labute approximate surface area is 232 Å². The van der Waals surface area contributed by atoms with Gasteiger partial charge < -0.3 is 9.64 Å². The molecule has 0 aliphatic carbocycles. The molecular formula is C34H38N2OS. The highest BCUT2D eigenvalue weighted by molar-refractivity contribution is 7.20. The molecule has 4 heteroatoms. The molecule has 1 aliphatic rings. The van der Waals surface area contributed by atoms with E-state index in [0.717, 1.165) is 51.3 Å². The van der Waals surface area contributed by atoms with Crippen LogP contribution < -0.4 is 4.74 Å². The van der Waals surface area contributed by atoms with Gasteiger partial charge in [0.15, 0.2) is 0 Å². The number of hydrogen-bond donors (Lipinski definition) is 0. The minimum absolute atomic E-state index is 0.742. The molecule has 5 rings (SSSR count). The number of terminal acetylenes is 1. The second-order valence-corrected chi connectivity index (χ2v) is 10.8. The molecule has 3 nitrogen and oxygen atoms in total. The summed E-state index contributed by atoms with van der Waals surface area (Å²) in [4.78, 5) is 6.04. The van der Waals surface area contributed by atoms with Crippen LogP contribution in [-0.4, -0.2) is 50.1 Å². The third-order valence-corrected chi connectivity index (χ3v) is 8.08. The van der Waals surface area contributed by atoms with Gasteiger partial charge in [0.05, 0.1) is 11.5 Å². The van der Waals surface area contributed by atoms with Crippen molar-refractivity contribution in [2.45, 2.75) is 26.2 Å². The van der Waals surface area contributed by atoms with Crippen LogP contribution in [0.3, 0.4) is 0 Å². The third kappa shape index (κ3) is 6.30. The lowest BCUT2D eigenvalue weighted by Gasteiger charge is -2.27. The summed E-state index contributed by atoms with van der Waals surface area (Å²) in [5.74, 6) is 1.00. The van der Waals surface area contributed by atoms with Crippen LogP contribution in [-0.2, 0) is 0 Å². The molecule has 0 fully saturated rings. The van der Waals surface area contributed by atoms with Crippen LogP contribution in [0.2, 0.25) is 0 Å². The molecule has 4 aromatic rings. The summed E-state index contributed by atoms with van der Waals surface area (Å²) >= 11 is 1.84. The molecule has 0 saturated carbocycles. The topological polar surface area (TPSA) is 15.7 Å². The highest BCUT2D eigenvalue weighted by Gasteiger charge is 2.15. The largest absolute Gasteiger partial charge is 0.493 e. The van der Waals surface area contributed by atoms with Gasteiger partial charge in [0.1, 0.15) is 5.75 Å². The molecule has 196 valence electrons. The number of rotatable bonds is 9. The molecule has 0 saturated heterocycles. The molecule has 0 spiro atoms. The molecule has 0 radical (unpaired) electrons. The van der Waals surface area contributed by atoms with Crippen LogP contribution in [0.5, 0.6) is 5.75 Å². The zero-order chi connectivity index (χ0) is 26.9. The Morgan fingerprint density at radius 2 is 1.82 bits per heavy atom. The van der Waals surface area contributed by atoms with Crippen LogP contribution in [0, 0.1) is 12.8 Å². The number of fused-ring (bicyclic) bond motifs is 2. The van der Waals surface area contributed by atoms with E-state index in [1.54, 1.807) is 0 Å².